The smallest absolute Gasteiger partial charge is 0.0573 e. The van der Waals surface area contributed by atoms with E-state index in [1.54, 1.807) is 0 Å². The van der Waals surface area contributed by atoms with E-state index in [0.717, 1.165) is 6.54 Å². The summed E-state index contributed by atoms with van der Waals surface area (Å²) in [7, 11) is 0. The molecule has 0 saturated heterocycles. The highest BCUT2D eigenvalue weighted by Gasteiger charge is 2.08. The Morgan fingerprint density at radius 3 is 2.31 bits per heavy atom. The molecular formula is C11H26N2. The second-order valence-corrected chi connectivity index (χ2v) is 3.73. The molecule has 0 fully saturated rings. The summed E-state index contributed by atoms with van der Waals surface area (Å²) >= 11 is 0. The summed E-state index contributed by atoms with van der Waals surface area (Å²) in [4.78, 5) is 0. The summed E-state index contributed by atoms with van der Waals surface area (Å²) in [6.07, 6.45) is 5.55. The second kappa shape index (κ2) is 8.52. The van der Waals surface area contributed by atoms with Crippen molar-refractivity contribution in [3.63, 3.8) is 0 Å². The Morgan fingerprint density at radius 2 is 1.85 bits per heavy atom. The van der Waals surface area contributed by atoms with E-state index in [9.17, 15) is 0 Å². The van der Waals surface area contributed by atoms with Crippen LogP contribution in [0.15, 0.2) is 0 Å². The van der Waals surface area contributed by atoms with Gasteiger partial charge in [-0.2, -0.15) is 0 Å². The molecule has 0 radical (unpaired) electrons. The van der Waals surface area contributed by atoms with Crippen molar-refractivity contribution in [3.8, 4) is 0 Å². The molecule has 13 heavy (non-hydrogen) atoms. The molecule has 2 heteroatoms. The first-order valence-electron chi connectivity index (χ1n) is 5.73. The van der Waals surface area contributed by atoms with Crippen LogP contribution >= 0.6 is 0 Å². The van der Waals surface area contributed by atoms with Gasteiger partial charge in [0.15, 0.2) is 0 Å². The number of hydrogen-bond donors (Lipinski definition) is 2. The van der Waals surface area contributed by atoms with E-state index >= 15 is 0 Å². The van der Waals surface area contributed by atoms with Crippen LogP contribution < -0.4 is 10.6 Å². The Hall–Kier alpha value is -0.0800. The van der Waals surface area contributed by atoms with Crippen LogP contribution in [-0.2, 0) is 0 Å². The molecule has 2 nitrogen and oxygen atoms in total. The molecule has 0 amide bonds. The molecule has 0 aliphatic heterocycles. The van der Waals surface area contributed by atoms with Gasteiger partial charge in [0.05, 0.1) is 6.17 Å². The van der Waals surface area contributed by atoms with Gasteiger partial charge < -0.3 is 5.32 Å². The normalized spacial score (nSPS) is 15.7. The predicted molar refractivity (Wildman–Crippen MR) is 59.9 cm³/mol. The SMILES string of the molecule is CCCCC(NCC)NC(C)CC. The summed E-state index contributed by atoms with van der Waals surface area (Å²) in [5.41, 5.74) is 0. The lowest BCUT2D eigenvalue weighted by Gasteiger charge is -2.23. The number of rotatable bonds is 8. The molecule has 0 rings (SSSR count). The third-order valence-corrected chi connectivity index (χ3v) is 2.39. The minimum Gasteiger partial charge on any atom is -0.302 e. The van der Waals surface area contributed by atoms with Crippen molar-refractivity contribution in [1.29, 1.82) is 0 Å². The molecule has 0 aromatic carbocycles. The Labute approximate surface area is 83.5 Å². The molecule has 2 N–H and O–H groups in total. The van der Waals surface area contributed by atoms with Gasteiger partial charge in [0.25, 0.3) is 0 Å². The maximum absolute atomic E-state index is 3.59. The molecule has 2 atom stereocenters. The van der Waals surface area contributed by atoms with Crippen LogP contribution in [0.25, 0.3) is 0 Å². The van der Waals surface area contributed by atoms with E-state index in [0.29, 0.717) is 12.2 Å². The van der Waals surface area contributed by atoms with Gasteiger partial charge in [-0.3, -0.25) is 5.32 Å². The summed E-state index contributed by atoms with van der Waals surface area (Å²) in [5.74, 6) is 0. The lowest BCUT2D eigenvalue weighted by Crippen LogP contribution is -2.46. The molecule has 0 saturated carbocycles. The van der Waals surface area contributed by atoms with Gasteiger partial charge in [0.2, 0.25) is 0 Å². The van der Waals surface area contributed by atoms with E-state index in [-0.39, 0.29) is 0 Å². The molecule has 80 valence electrons. The number of hydrogen-bond acceptors (Lipinski definition) is 2. The minimum absolute atomic E-state index is 0.514. The first-order chi connectivity index (χ1) is 6.24. The summed E-state index contributed by atoms with van der Waals surface area (Å²) in [6.45, 7) is 9.93. The van der Waals surface area contributed by atoms with Gasteiger partial charge in [-0.25, -0.2) is 0 Å². The minimum atomic E-state index is 0.514. The van der Waals surface area contributed by atoms with Gasteiger partial charge >= 0.3 is 0 Å². The summed E-state index contributed by atoms with van der Waals surface area (Å²) < 4.78 is 0. The fourth-order valence-corrected chi connectivity index (χ4v) is 1.36. The Kier molecular flexibility index (Phi) is 8.46. The van der Waals surface area contributed by atoms with Crippen molar-refractivity contribution >= 4 is 0 Å². The largest absolute Gasteiger partial charge is 0.302 e. The zero-order chi connectivity index (χ0) is 10.1. The van der Waals surface area contributed by atoms with E-state index in [1.807, 2.05) is 0 Å². The fourth-order valence-electron chi connectivity index (χ4n) is 1.36. The van der Waals surface area contributed by atoms with Crippen molar-refractivity contribution < 1.29 is 0 Å². The van der Waals surface area contributed by atoms with Crippen LogP contribution in [0.5, 0.6) is 0 Å². The lowest BCUT2D eigenvalue weighted by molar-refractivity contribution is 0.356. The van der Waals surface area contributed by atoms with E-state index in [4.69, 9.17) is 0 Å². The van der Waals surface area contributed by atoms with Gasteiger partial charge in [-0.1, -0.05) is 33.6 Å². The standard InChI is InChI=1S/C11H26N2/c1-5-8-9-11(12-7-3)13-10(4)6-2/h10-13H,5-9H2,1-4H3. The molecule has 0 aliphatic carbocycles. The monoisotopic (exact) mass is 186 g/mol. The molecule has 0 heterocycles. The van der Waals surface area contributed by atoms with Crippen LogP contribution in [0.3, 0.4) is 0 Å². The van der Waals surface area contributed by atoms with Crippen molar-refractivity contribution in [2.75, 3.05) is 6.54 Å². The highest BCUT2D eigenvalue weighted by Crippen LogP contribution is 2.00. The van der Waals surface area contributed by atoms with Gasteiger partial charge in [0.1, 0.15) is 0 Å². The summed E-state index contributed by atoms with van der Waals surface area (Å²) in [5, 5.41) is 7.06. The average molecular weight is 186 g/mol. The third-order valence-electron chi connectivity index (χ3n) is 2.39. The van der Waals surface area contributed by atoms with Crippen molar-refractivity contribution in [1.82, 2.24) is 10.6 Å². The molecule has 0 aliphatic rings. The molecular weight excluding hydrogens is 160 g/mol. The van der Waals surface area contributed by atoms with E-state index in [1.165, 1.54) is 25.7 Å². The van der Waals surface area contributed by atoms with Crippen LogP contribution in [0.1, 0.15) is 53.4 Å². The van der Waals surface area contributed by atoms with Gasteiger partial charge in [-0.05, 0) is 26.3 Å². The number of nitrogens with one attached hydrogen (secondary N) is 2. The fraction of sp³-hybridized carbons (Fsp3) is 1.00. The molecule has 0 aromatic heterocycles. The third kappa shape index (κ3) is 7.03. The zero-order valence-electron chi connectivity index (χ0n) is 9.69. The predicted octanol–water partition coefficient (Wildman–Crippen LogP) is 2.50. The Bertz CT molecular complexity index is 104. The van der Waals surface area contributed by atoms with Crippen molar-refractivity contribution in [2.45, 2.75) is 65.6 Å². The van der Waals surface area contributed by atoms with Crippen LogP contribution in [0.4, 0.5) is 0 Å². The quantitative estimate of drug-likeness (QED) is 0.569. The van der Waals surface area contributed by atoms with Crippen molar-refractivity contribution in [2.24, 2.45) is 0 Å². The lowest BCUT2D eigenvalue weighted by atomic mass is 10.2. The Morgan fingerprint density at radius 1 is 1.15 bits per heavy atom. The second-order valence-electron chi connectivity index (χ2n) is 3.73. The van der Waals surface area contributed by atoms with Crippen LogP contribution in [-0.4, -0.2) is 18.8 Å². The van der Waals surface area contributed by atoms with Crippen LogP contribution in [0.2, 0.25) is 0 Å². The van der Waals surface area contributed by atoms with Crippen molar-refractivity contribution in [3.05, 3.63) is 0 Å². The first-order valence-corrected chi connectivity index (χ1v) is 5.73. The van der Waals surface area contributed by atoms with Gasteiger partial charge in [0, 0.05) is 6.04 Å². The zero-order valence-corrected chi connectivity index (χ0v) is 9.69. The topological polar surface area (TPSA) is 24.1 Å². The molecule has 0 aromatic rings. The molecule has 0 bridgehead atoms. The maximum Gasteiger partial charge on any atom is 0.0573 e. The maximum atomic E-state index is 3.59. The summed E-state index contributed by atoms with van der Waals surface area (Å²) in [6, 6.07) is 0.626. The highest BCUT2D eigenvalue weighted by molar-refractivity contribution is 4.67. The van der Waals surface area contributed by atoms with E-state index < -0.39 is 0 Å². The highest BCUT2D eigenvalue weighted by atomic mass is 15.1. The number of unbranched alkanes of at least 4 members (excludes halogenated alkanes) is 1. The van der Waals surface area contributed by atoms with Gasteiger partial charge in [-0.15, -0.1) is 0 Å². The first kappa shape index (κ1) is 12.9. The molecule has 0 spiro atoms. The Balaban J connectivity index is 3.65. The average Bonchev–Trinajstić information content (AvgIpc) is 2.14. The van der Waals surface area contributed by atoms with Crippen LogP contribution in [0, 0.1) is 0 Å². The molecule has 2 unspecified atom stereocenters. The van der Waals surface area contributed by atoms with E-state index in [2.05, 4.69) is 38.3 Å².